The Bertz CT molecular complexity index is 547. The summed E-state index contributed by atoms with van der Waals surface area (Å²) in [4.78, 5) is 12.5. The van der Waals surface area contributed by atoms with Gasteiger partial charge in [0.1, 0.15) is 5.82 Å². The first-order valence-electron chi connectivity index (χ1n) is 6.16. The van der Waals surface area contributed by atoms with Crippen LogP contribution in [0.5, 0.6) is 0 Å². The summed E-state index contributed by atoms with van der Waals surface area (Å²) in [6.45, 7) is 2.01. The van der Waals surface area contributed by atoms with Crippen LogP contribution in [-0.4, -0.2) is 15.0 Å². The Labute approximate surface area is 94.3 Å². The number of pyridine rings is 1. The van der Waals surface area contributed by atoms with Crippen molar-refractivity contribution in [3.05, 3.63) is 23.7 Å². The maximum atomic E-state index is 4.65. The maximum Gasteiger partial charge on any atom is 0.177 e. The van der Waals surface area contributed by atoms with Crippen LogP contribution in [0.1, 0.15) is 36.7 Å². The van der Waals surface area contributed by atoms with Crippen molar-refractivity contribution >= 4 is 11.2 Å². The fourth-order valence-corrected chi connectivity index (χ4v) is 3.39. The molecule has 0 spiro atoms. The summed E-state index contributed by atoms with van der Waals surface area (Å²) in [5.41, 5.74) is 3.02. The zero-order valence-electron chi connectivity index (χ0n) is 9.40. The summed E-state index contributed by atoms with van der Waals surface area (Å²) >= 11 is 0. The SMILES string of the molecule is Cc1ccc2[nH]c(C3C4CCCC43)nc2n1. The zero-order chi connectivity index (χ0) is 10.7. The van der Waals surface area contributed by atoms with Crippen LogP contribution in [0.2, 0.25) is 0 Å². The quantitative estimate of drug-likeness (QED) is 0.791. The number of nitrogens with one attached hydrogen (secondary N) is 1. The molecule has 2 atom stereocenters. The van der Waals surface area contributed by atoms with Crippen LogP contribution in [0, 0.1) is 18.8 Å². The largest absolute Gasteiger partial charge is 0.340 e. The predicted octanol–water partition coefficient (Wildman–Crippen LogP) is 2.78. The normalized spacial score (nSPS) is 31.9. The monoisotopic (exact) mass is 213 g/mol. The van der Waals surface area contributed by atoms with Gasteiger partial charge in [0, 0.05) is 11.6 Å². The lowest BCUT2D eigenvalue weighted by Gasteiger charge is -1.97. The molecule has 2 unspecified atom stereocenters. The fourth-order valence-electron chi connectivity index (χ4n) is 3.39. The lowest BCUT2D eigenvalue weighted by atomic mass is 10.1. The van der Waals surface area contributed by atoms with Crippen LogP contribution in [-0.2, 0) is 0 Å². The Balaban J connectivity index is 1.76. The Morgan fingerprint density at radius 3 is 2.81 bits per heavy atom. The molecule has 2 heterocycles. The molecule has 4 rings (SSSR count). The van der Waals surface area contributed by atoms with E-state index in [1.807, 2.05) is 13.0 Å². The van der Waals surface area contributed by atoms with Crippen molar-refractivity contribution in [1.82, 2.24) is 15.0 Å². The Morgan fingerprint density at radius 1 is 1.19 bits per heavy atom. The number of nitrogens with zero attached hydrogens (tertiary/aromatic N) is 2. The fraction of sp³-hybridized carbons (Fsp3) is 0.538. The Kier molecular flexibility index (Phi) is 1.55. The minimum absolute atomic E-state index is 0.711. The van der Waals surface area contributed by atoms with Crippen molar-refractivity contribution in [1.29, 1.82) is 0 Å². The molecule has 0 radical (unpaired) electrons. The molecule has 0 saturated heterocycles. The molecule has 2 aliphatic carbocycles. The van der Waals surface area contributed by atoms with E-state index in [2.05, 4.69) is 21.0 Å². The van der Waals surface area contributed by atoms with Crippen LogP contribution in [0.4, 0.5) is 0 Å². The number of aromatic nitrogens is 3. The van der Waals surface area contributed by atoms with Crippen LogP contribution >= 0.6 is 0 Å². The topological polar surface area (TPSA) is 41.6 Å². The van der Waals surface area contributed by atoms with E-state index >= 15 is 0 Å². The molecule has 2 saturated carbocycles. The van der Waals surface area contributed by atoms with Crippen LogP contribution < -0.4 is 0 Å². The second-order valence-electron chi connectivity index (χ2n) is 5.23. The molecular formula is C13H15N3. The Hall–Kier alpha value is -1.38. The Morgan fingerprint density at radius 2 is 2.00 bits per heavy atom. The molecule has 2 aromatic heterocycles. The molecule has 0 bridgehead atoms. The molecule has 3 heteroatoms. The van der Waals surface area contributed by atoms with Gasteiger partial charge >= 0.3 is 0 Å². The minimum atomic E-state index is 0.711. The average Bonchev–Trinajstić information content (AvgIpc) is 2.68. The number of aromatic amines is 1. The van der Waals surface area contributed by atoms with Gasteiger partial charge in [-0.2, -0.15) is 0 Å². The van der Waals surface area contributed by atoms with Crippen molar-refractivity contribution in [2.24, 2.45) is 11.8 Å². The van der Waals surface area contributed by atoms with Gasteiger partial charge in [0.25, 0.3) is 0 Å². The number of H-pyrrole nitrogens is 1. The second-order valence-corrected chi connectivity index (χ2v) is 5.23. The van der Waals surface area contributed by atoms with Crippen LogP contribution in [0.3, 0.4) is 0 Å². The summed E-state index contributed by atoms with van der Waals surface area (Å²) in [5, 5.41) is 0. The van der Waals surface area contributed by atoms with Crippen molar-refractivity contribution in [3.8, 4) is 0 Å². The molecule has 0 amide bonds. The highest BCUT2D eigenvalue weighted by atomic mass is 15.0. The number of hydrogen-bond acceptors (Lipinski definition) is 2. The van der Waals surface area contributed by atoms with E-state index in [1.165, 1.54) is 25.1 Å². The van der Waals surface area contributed by atoms with E-state index in [-0.39, 0.29) is 0 Å². The third-order valence-corrected chi connectivity index (χ3v) is 4.23. The highest BCUT2D eigenvalue weighted by Crippen LogP contribution is 2.62. The standard InChI is InChI=1S/C13H15N3/c1-7-5-6-10-12(14-7)16-13(15-10)11-8-3-2-4-9(8)11/h5-6,8-9,11H,2-4H2,1H3,(H,14,15,16). The molecule has 1 N–H and O–H groups in total. The van der Waals surface area contributed by atoms with E-state index in [4.69, 9.17) is 0 Å². The number of fused-ring (bicyclic) bond motifs is 2. The summed E-state index contributed by atoms with van der Waals surface area (Å²) in [7, 11) is 0. The van der Waals surface area contributed by atoms with Crippen molar-refractivity contribution in [2.75, 3.05) is 0 Å². The highest BCUT2D eigenvalue weighted by Gasteiger charge is 2.54. The smallest absolute Gasteiger partial charge is 0.177 e. The van der Waals surface area contributed by atoms with E-state index in [0.29, 0.717) is 5.92 Å². The number of imidazole rings is 1. The first-order chi connectivity index (χ1) is 7.83. The minimum Gasteiger partial charge on any atom is -0.340 e. The van der Waals surface area contributed by atoms with E-state index < -0.39 is 0 Å². The zero-order valence-corrected chi connectivity index (χ0v) is 9.40. The number of aryl methyl sites for hydroxylation is 1. The number of hydrogen-bond donors (Lipinski definition) is 1. The lowest BCUT2D eigenvalue weighted by Crippen LogP contribution is -1.89. The maximum absolute atomic E-state index is 4.65. The molecule has 3 nitrogen and oxygen atoms in total. The molecule has 2 fully saturated rings. The summed E-state index contributed by atoms with van der Waals surface area (Å²) in [6.07, 6.45) is 4.22. The van der Waals surface area contributed by atoms with Gasteiger partial charge in [0.2, 0.25) is 0 Å². The molecule has 82 valence electrons. The first-order valence-corrected chi connectivity index (χ1v) is 6.16. The van der Waals surface area contributed by atoms with Crippen LogP contribution in [0.25, 0.3) is 11.2 Å². The van der Waals surface area contributed by atoms with Gasteiger partial charge in [-0.3, -0.25) is 0 Å². The third-order valence-electron chi connectivity index (χ3n) is 4.23. The summed E-state index contributed by atoms with van der Waals surface area (Å²) in [5.74, 6) is 3.73. The third kappa shape index (κ3) is 1.09. The molecule has 0 aromatic carbocycles. The molecule has 16 heavy (non-hydrogen) atoms. The molecular weight excluding hydrogens is 198 g/mol. The summed E-state index contributed by atoms with van der Waals surface area (Å²) < 4.78 is 0. The second kappa shape index (κ2) is 2.84. The molecule has 0 aliphatic heterocycles. The lowest BCUT2D eigenvalue weighted by molar-refractivity contribution is 0.664. The van der Waals surface area contributed by atoms with E-state index in [0.717, 1.165) is 28.7 Å². The van der Waals surface area contributed by atoms with Gasteiger partial charge < -0.3 is 4.98 Å². The van der Waals surface area contributed by atoms with Gasteiger partial charge in [0.15, 0.2) is 5.65 Å². The van der Waals surface area contributed by atoms with Gasteiger partial charge in [-0.15, -0.1) is 0 Å². The van der Waals surface area contributed by atoms with Gasteiger partial charge in [-0.05, 0) is 43.7 Å². The van der Waals surface area contributed by atoms with Crippen molar-refractivity contribution in [2.45, 2.75) is 32.1 Å². The van der Waals surface area contributed by atoms with E-state index in [9.17, 15) is 0 Å². The van der Waals surface area contributed by atoms with Gasteiger partial charge in [-0.25, -0.2) is 9.97 Å². The van der Waals surface area contributed by atoms with E-state index in [1.54, 1.807) is 0 Å². The molecule has 2 aliphatic rings. The summed E-state index contributed by atoms with van der Waals surface area (Å²) in [6, 6.07) is 4.13. The van der Waals surface area contributed by atoms with Gasteiger partial charge in [-0.1, -0.05) is 6.42 Å². The van der Waals surface area contributed by atoms with Crippen LogP contribution in [0.15, 0.2) is 12.1 Å². The first kappa shape index (κ1) is 8.74. The van der Waals surface area contributed by atoms with Crippen molar-refractivity contribution in [3.63, 3.8) is 0 Å². The predicted molar refractivity (Wildman–Crippen MR) is 62.2 cm³/mol. The highest BCUT2D eigenvalue weighted by molar-refractivity contribution is 5.70. The number of rotatable bonds is 1. The van der Waals surface area contributed by atoms with Crippen molar-refractivity contribution < 1.29 is 0 Å². The van der Waals surface area contributed by atoms with Gasteiger partial charge in [0.05, 0.1) is 5.52 Å². The molecule has 2 aromatic rings. The average molecular weight is 213 g/mol.